The molecule has 0 saturated heterocycles. The van der Waals surface area contributed by atoms with Crippen LogP contribution in [0.2, 0.25) is 0 Å². The SMILES string of the molecule is Cn1cc(S(=O)(=O)NCc2cc(-c3ccsc3)cs2)cn1. The van der Waals surface area contributed by atoms with Crippen molar-refractivity contribution in [3.8, 4) is 11.1 Å². The Morgan fingerprint density at radius 3 is 2.86 bits per heavy atom. The van der Waals surface area contributed by atoms with Crippen LogP contribution in [-0.4, -0.2) is 18.2 Å². The summed E-state index contributed by atoms with van der Waals surface area (Å²) in [4.78, 5) is 1.16. The lowest BCUT2D eigenvalue weighted by molar-refractivity contribution is 0.581. The first-order chi connectivity index (χ1) is 10.0. The fourth-order valence-electron chi connectivity index (χ4n) is 1.84. The largest absolute Gasteiger partial charge is 0.274 e. The molecule has 0 aliphatic heterocycles. The van der Waals surface area contributed by atoms with Crippen molar-refractivity contribution < 1.29 is 8.42 Å². The smallest absolute Gasteiger partial charge is 0.244 e. The van der Waals surface area contributed by atoms with E-state index in [4.69, 9.17) is 0 Å². The number of rotatable bonds is 5. The summed E-state index contributed by atoms with van der Waals surface area (Å²) in [6.07, 6.45) is 2.82. The minimum absolute atomic E-state index is 0.180. The number of aryl methyl sites for hydroxylation is 1. The molecule has 110 valence electrons. The van der Waals surface area contributed by atoms with Gasteiger partial charge in [0, 0.05) is 24.7 Å². The van der Waals surface area contributed by atoms with Gasteiger partial charge in [0.15, 0.2) is 0 Å². The van der Waals surface area contributed by atoms with E-state index in [0.717, 1.165) is 16.0 Å². The van der Waals surface area contributed by atoms with Gasteiger partial charge in [0.05, 0.1) is 6.20 Å². The van der Waals surface area contributed by atoms with Crippen molar-refractivity contribution in [2.24, 2.45) is 7.05 Å². The molecular formula is C13H13N3O2S3. The molecule has 0 saturated carbocycles. The van der Waals surface area contributed by atoms with Gasteiger partial charge in [-0.25, -0.2) is 13.1 Å². The first kappa shape index (κ1) is 14.5. The van der Waals surface area contributed by atoms with Gasteiger partial charge >= 0.3 is 0 Å². The predicted octanol–water partition coefficient (Wildman–Crippen LogP) is 2.69. The van der Waals surface area contributed by atoms with Crippen LogP contribution >= 0.6 is 22.7 Å². The highest BCUT2D eigenvalue weighted by molar-refractivity contribution is 7.89. The average Bonchev–Trinajstić information content (AvgIpc) is 3.17. The highest BCUT2D eigenvalue weighted by Gasteiger charge is 2.16. The van der Waals surface area contributed by atoms with E-state index in [2.05, 4.69) is 21.3 Å². The predicted molar refractivity (Wildman–Crippen MR) is 84.9 cm³/mol. The summed E-state index contributed by atoms with van der Waals surface area (Å²) in [5.41, 5.74) is 2.29. The van der Waals surface area contributed by atoms with Crippen LogP contribution in [0.3, 0.4) is 0 Å². The maximum Gasteiger partial charge on any atom is 0.244 e. The fourth-order valence-corrected chi connectivity index (χ4v) is 4.42. The number of hydrogen-bond acceptors (Lipinski definition) is 5. The van der Waals surface area contributed by atoms with Crippen LogP contribution in [0.4, 0.5) is 0 Å². The summed E-state index contributed by atoms with van der Waals surface area (Å²) >= 11 is 3.19. The van der Waals surface area contributed by atoms with Crippen LogP contribution in [0.15, 0.2) is 45.6 Å². The Balaban J connectivity index is 1.71. The minimum atomic E-state index is -3.51. The molecule has 0 unspecified atom stereocenters. The van der Waals surface area contributed by atoms with E-state index < -0.39 is 10.0 Å². The number of nitrogens with one attached hydrogen (secondary N) is 1. The van der Waals surface area contributed by atoms with Gasteiger partial charge in [0.2, 0.25) is 10.0 Å². The Morgan fingerprint density at radius 2 is 2.19 bits per heavy atom. The third-order valence-corrected chi connectivity index (χ3v) is 5.91. The zero-order valence-electron chi connectivity index (χ0n) is 11.2. The standard InChI is InChI=1S/C13H13N3O2S3/c1-16-7-13(6-14-16)21(17,18)15-5-12-4-11(9-20-12)10-2-3-19-8-10/h2-4,6-9,15H,5H2,1H3. The van der Waals surface area contributed by atoms with E-state index in [1.54, 1.807) is 29.7 Å². The van der Waals surface area contributed by atoms with Gasteiger partial charge in [-0.2, -0.15) is 16.4 Å². The molecule has 0 aliphatic carbocycles. The number of hydrogen-bond donors (Lipinski definition) is 1. The van der Waals surface area contributed by atoms with Crippen LogP contribution in [0, 0.1) is 0 Å². The van der Waals surface area contributed by atoms with Gasteiger partial charge in [0.1, 0.15) is 4.90 Å². The molecule has 3 aromatic heterocycles. The number of aromatic nitrogens is 2. The number of sulfonamides is 1. The van der Waals surface area contributed by atoms with Crippen LogP contribution in [-0.2, 0) is 23.6 Å². The molecule has 0 aromatic carbocycles. The molecule has 3 rings (SSSR count). The van der Waals surface area contributed by atoms with E-state index in [1.807, 2.05) is 16.8 Å². The summed E-state index contributed by atoms with van der Waals surface area (Å²) in [5.74, 6) is 0. The van der Waals surface area contributed by atoms with Crippen LogP contribution in [0.5, 0.6) is 0 Å². The summed E-state index contributed by atoms with van der Waals surface area (Å²) < 4.78 is 28.3. The molecule has 0 bridgehead atoms. The highest BCUT2D eigenvalue weighted by atomic mass is 32.2. The van der Waals surface area contributed by atoms with Crippen LogP contribution in [0.1, 0.15) is 4.88 Å². The van der Waals surface area contributed by atoms with Gasteiger partial charge < -0.3 is 0 Å². The quantitative estimate of drug-likeness (QED) is 0.777. The first-order valence-electron chi connectivity index (χ1n) is 6.13. The summed E-state index contributed by atoms with van der Waals surface area (Å²) in [6, 6.07) is 4.06. The van der Waals surface area contributed by atoms with Gasteiger partial charge in [-0.1, -0.05) is 0 Å². The van der Waals surface area contributed by atoms with Gasteiger partial charge in [-0.15, -0.1) is 11.3 Å². The highest BCUT2D eigenvalue weighted by Crippen LogP contribution is 2.27. The number of nitrogens with zero attached hydrogens (tertiary/aromatic N) is 2. The molecule has 0 amide bonds. The molecule has 3 heterocycles. The van der Waals surface area contributed by atoms with Crippen molar-refractivity contribution in [1.29, 1.82) is 0 Å². The minimum Gasteiger partial charge on any atom is -0.274 e. The molecule has 0 aliphatic rings. The van der Waals surface area contributed by atoms with Gasteiger partial charge in [-0.3, -0.25) is 4.68 Å². The summed E-state index contributed by atoms with van der Waals surface area (Å²) in [7, 11) is -1.82. The monoisotopic (exact) mass is 339 g/mol. The lowest BCUT2D eigenvalue weighted by Gasteiger charge is -2.02. The Labute approximate surface area is 130 Å². The van der Waals surface area contributed by atoms with Crippen molar-refractivity contribution in [2.45, 2.75) is 11.4 Å². The van der Waals surface area contributed by atoms with E-state index >= 15 is 0 Å². The van der Waals surface area contributed by atoms with Crippen molar-refractivity contribution in [1.82, 2.24) is 14.5 Å². The molecule has 3 aromatic rings. The van der Waals surface area contributed by atoms with E-state index in [-0.39, 0.29) is 11.4 Å². The zero-order valence-corrected chi connectivity index (χ0v) is 13.6. The van der Waals surface area contributed by atoms with Gasteiger partial charge in [0.25, 0.3) is 0 Å². The van der Waals surface area contributed by atoms with E-state index in [0.29, 0.717) is 0 Å². The van der Waals surface area contributed by atoms with Crippen molar-refractivity contribution in [3.63, 3.8) is 0 Å². The van der Waals surface area contributed by atoms with Crippen molar-refractivity contribution in [2.75, 3.05) is 0 Å². The molecule has 0 fully saturated rings. The molecule has 0 radical (unpaired) electrons. The Hall–Kier alpha value is -1.48. The molecule has 8 heteroatoms. The lowest BCUT2D eigenvalue weighted by atomic mass is 10.2. The Kier molecular flexibility index (Phi) is 3.94. The Bertz CT molecular complexity index is 832. The maximum atomic E-state index is 12.1. The second-order valence-corrected chi connectivity index (χ2v) is 8.03. The molecular weight excluding hydrogens is 326 g/mol. The second kappa shape index (κ2) is 5.72. The maximum absolute atomic E-state index is 12.1. The lowest BCUT2D eigenvalue weighted by Crippen LogP contribution is -2.22. The van der Waals surface area contributed by atoms with Crippen LogP contribution in [0.25, 0.3) is 11.1 Å². The fraction of sp³-hybridized carbons (Fsp3) is 0.154. The second-order valence-electron chi connectivity index (χ2n) is 4.49. The zero-order chi connectivity index (χ0) is 14.9. The molecule has 5 nitrogen and oxygen atoms in total. The summed E-state index contributed by atoms with van der Waals surface area (Å²) in [5, 5.41) is 10.0. The van der Waals surface area contributed by atoms with E-state index in [9.17, 15) is 8.42 Å². The molecule has 0 atom stereocenters. The Morgan fingerprint density at radius 1 is 1.33 bits per heavy atom. The molecule has 1 N–H and O–H groups in total. The third-order valence-electron chi connectivity index (χ3n) is 2.94. The van der Waals surface area contributed by atoms with Crippen molar-refractivity contribution in [3.05, 3.63) is 45.5 Å². The third kappa shape index (κ3) is 3.24. The topological polar surface area (TPSA) is 64.0 Å². The van der Waals surface area contributed by atoms with Gasteiger partial charge in [-0.05, 0) is 39.4 Å². The molecule has 0 spiro atoms. The van der Waals surface area contributed by atoms with Crippen molar-refractivity contribution >= 4 is 32.7 Å². The summed E-state index contributed by atoms with van der Waals surface area (Å²) in [6.45, 7) is 0.284. The van der Waals surface area contributed by atoms with Crippen LogP contribution < -0.4 is 4.72 Å². The average molecular weight is 339 g/mol. The first-order valence-corrected chi connectivity index (χ1v) is 9.43. The number of thiophene rings is 2. The normalized spacial score (nSPS) is 11.9. The van der Waals surface area contributed by atoms with E-state index in [1.165, 1.54) is 17.1 Å². The molecule has 21 heavy (non-hydrogen) atoms.